The van der Waals surface area contributed by atoms with Crippen molar-refractivity contribution in [3.8, 4) is 0 Å². The quantitative estimate of drug-likeness (QED) is 0.708. The minimum atomic E-state index is -0.0607. The molecule has 7 nitrogen and oxygen atoms in total. The van der Waals surface area contributed by atoms with Gasteiger partial charge in [-0.05, 0) is 41.8 Å². The third-order valence-electron chi connectivity index (χ3n) is 6.08. The van der Waals surface area contributed by atoms with E-state index in [9.17, 15) is 4.79 Å². The molecule has 2 heterocycles. The van der Waals surface area contributed by atoms with Crippen LogP contribution in [0.1, 0.15) is 27.7 Å². The first-order valence-electron chi connectivity index (χ1n) is 9.99. The summed E-state index contributed by atoms with van der Waals surface area (Å²) in [6.07, 6.45) is 0. The molecule has 26 heavy (non-hydrogen) atoms. The second kappa shape index (κ2) is 8.87. The second-order valence-electron chi connectivity index (χ2n) is 9.24. The highest BCUT2D eigenvalue weighted by Crippen LogP contribution is 2.17. The number of carbonyl (C=O) groups excluding carboxylic acids is 1. The maximum absolute atomic E-state index is 12.3. The first-order chi connectivity index (χ1) is 12.1. The molecule has 2 fully saturated rings. The van der Waals surface area contributed by atoms with E-state index in [4.69, 9.17) is 0 Å². The molecule has 2 rings (SSSR count). The number of nitrogens with one attached hydrogen (secondary N) is 2. The van der Waals surface area contributed by atoms with Crippen molar-refractivity contribution in [1.82, 2.24) is 30.2 Å². The Labute approximate surface area is 160 Å². The standard InChI is InChI=1S/C19H40N6O/c1-18(2,24-11-7-22(5)8-12-24)15-20-17(26)21-16-19(3,4)25-13-9-23(6)10-14-25/h7-16H2,1-6H3,(H2,20,21,26). The second-order valence-corrected chi connectivity index (χ2v) is 9.24. The fourth-order valence-corrected chi connectivity index (χ4v) is 3.70. The van der Waals surface area contributed by atoms with Crippen LogP contribution in [0, 0.1) is 0 Å². The Balaban J connectivity index is 1.72. The zero-order chi connectivity index (χ0) is 19.4. The van der Waals surface area contributed by atoms with Crippen LogP contribution in [-0.2, 0) is 0 Å². The summed E-state index contributed by atoms with van der Waals surface area (Å²) in [6, 6.07) is -0.0607. The molecule has 0 aromatic heterocycles. The Hall–Kier alpha value is -0.890. The zero-order valence-electron chi connectivity index (χ0n) is 17.8. The van der Waals surface area contributed by atoms with Gasteiger partial charge in [-0.3, -0.25) is 9.80 Å². The molecule has 0 saturated carbocycles. The number of piperazine rings is 2. The van der Waals surface area contributed by atoms with Gasteiger partial charge in [0.2, 0.25) is 0 Å². The van der Waals surface area contributed by atoms with Crippen LogP contribution in [0.15, 0.2) is 0 Å². The fraction of sp³-hybridized carbons (Fsp3) is 0.947. The van der Waals surface area contributed by atoms with Crippen LogP contribution in [0.25, 0.3) is 0 Å². The van der Waals surface area contributed by atoms with Gasteiger partial charge in [-0.15, -0.1) is 0 Å². The Morgan fingerprint density at radius 3 is 1.31 bits per heavy atom. The molecule has 0 radical (unpaired) electrons. The van der Waals surface area contributed by atoms with Crippen LogP contribution < -0.4 is 10.6 Å². The predicted molar refractivity (Wildman–Crippen MR) is 108 cm³/mol. The molecule has 0 unspecified atom stereocenters. The number of nitrogens with zero attached hydrogens (tertiary/aromatic N) is 4. The van der Waals surface area contributed by atoms with Crippen LogP contribution in [0.5, 0.6) is 0 Å². The average molecular weight is 369 g/mol. The van der Waals surface area contributed by atoms with Gasteiger partial charge in [0.1, 0.15) is 0 Å². The lowest BCUT2D eigenvalue weighted by Crippen LogP contribution is -2.60. The summed E-state index contributed by atoms with van der Waals surface area (Å²) >= 11 is 0. The molecule has 7 heteroatoms. The summed E-state index contributed by atoms with van der Waals surface area (Å²) in [5.74, 6) is 0. The highest BCUT2D eigenvalue weighted by molar-refractivity contribution is 5.74. The maximum Gasteiger partial charge on any atom is 0.314 e. The zero-order valence-corrected chi connectivity index (χ0v) is 17.8. The molecule has 2 N–H and O–H groups in total. The summed E-state index contributed by atoms with van der Waals surface area (Å²) in [5.41, 5.74) is -0.0445. The van der Waals surface area contributed by atoms with Gasteiger partial charge in [0.15, 0.2) is 0 Å². The molecule has 0 spiro atoms. The van der Waals surface area contributed by atoms with Gasteiger partial charge >= 0.3 is 6.03 Å². The Morgan fingerprint density at radius 2 is 1.00 bits per heavy atom. The van der Waals surface area contributed by atoms with Gasteiger partial charge in [0.05, 0.1) is 0 Å². The minimum Gasteiger partial charge on any atom is -0.336 e. The summed E-state index contributed by atoms with van der Waals surface area (Å²) in [4.78, 5) is 22.0. The highest BCUT2D eigenvalue weighted by Gasteiger charge is 2.31. The SMILES string of the molecule is CN1CCN(C(C)(C)CNC(=O)NCC(C)(C)N2CCN(C)CC2)CC1. The summed E-state index contributed by atoms with van der Waals surface area (Å²) in [6.45, 7) is 18.8. The first kappa shape index (κ1) is 21.4. The van der Waals surface area contributed by atoms with Crippen molar-refractivity contribution in [1.29, 1.82) is 0 Å². The lowest BCUT2D eigenvalue weighted by Gasteiger charge is -2.44. The Morgan fingerprint density at radius 1 is 0.692 bits per heavy atom. The summed E-state index contributed by atoms with van der Waals surface area (Å²) in [5, 5.41) is 6.16. The molecule has 0 aromatic rings. The number of urea groups is 1. The molecule has 152 valence electrons. The van der Waals surface area contributed by atoms with Crippen LogP contribution in [0.4, 0.5) is 4.79 Å². The van der Waals surface area contributed by atoms with E-state index < -0.39 is 0 Å². The van der Waals surface area contributed by atoms with Gasteiger partial charge in [-0.2, -0.15) is 0 Å². The smallest absolute Gasteiger partial charge is 0.314 e. The lowest BCUT2D eigenvalue weighted by atomic mass is 10.0. The monoisotopic (exact) mass is 368 g/mol. The van der Waals surface area contributed by atoms with E-state index >= 15 is 0 Å². The molecule has 0 aliphatic carbocycles. The Kier molecular flexibility index (Phi) is 7.30. The van der Waals surface area contributed by atoms with E-state index in [2.05, 4.69) is 72.0 Å². The average Bonchev–Trinajstić information content (AvgIpc) is 2.59. The van der Waals surface area contributed by atoms with Crippen molar-refractivity contribution in [2.75, 3.05) is 79.5 Å². The molecular formula is C19H40N6O. The van der Waals surface area contributed by atoms with E-state index in [-0.39, 0.29) is 17.1 Å². The molecule has 2 aliphatic heterocycles. The predicted octanol–water partition coefficient (Wildman–Crippen LogP) is 0.338. The number of rotatable bonds is 6. The minimum absolute atomic E-state index is 0.0222. The van der Waals surface area contributed by atoms with Crippen molar-refractivity contribution in [3.63, 3.8) is 0 Å². The van der Waals surface area contributed by atoms with Crippen molar-refractivity contribution in [2.45, 2.75) is 38.8 Å². The van der Waals surface area contributed by atoms with E-state index in [1.54, 1.807) is 0 Å². The van der Waals surface area contributed by atoms with Gasteiger partial charge in [0, 0.05) is 76.5 Å². The van der Waals surface area contributed by atoms with E-state index in [1.807, 2.05) is 0 Å². The molecule has 2 saturated heterocycles. The molecule has 0 bridgehead atoms. The van der Waals surface area contributed by atoms with Crippen molar-refractivity contribution < 1.29 is 4.79 Å². The normalized spacial score (nSPS) is 22.4. The number of amides is 2. The number of hydrogen-bond donors (Lipinski definition) is 2. The molecule has 2 amide bonds. The molecule has 2 aliphatic rings. The van der Waals surface area contributed by atoms with E-state index in [0.717, 1.165) is 52.4 Å². The first-order valence-corrected chi connectivity index (χ1v) is 9.99. The van der Waals surface area contributed by atoms with Gasteiger partial charge in [-0.1, -0.05) is 0 Å². The number of carbonyl (C=O) groups is 1. The maximum atomic E-state index is 12.3. The third-order valence-corrected chi connectivity index (χ3v) is 6.08. The van der Waals surface area contributed by atoms with E-state index in [0.29, 0.717) is 13.1 Å². The third kappa shape index (κ3) is 6.08. The summed E-state index contributed by atoms with van der Waals surface area (Å²) in [7, 11) is 4.33. The van der Waals surface area contributed by atoms with Crippen LogP contribution in [-0.4, -0.2) is 116 Å². The van der Waals surface area contributed by atoms with Crippen molar-refractivity contribution in [3.05, 3.63) is 0 Å². The number of likely N-dealkylation sites (N-methyl/N-ethyl adjacent to an activating group) is 2. The highest BCUT2D eigenvalue weighted by atomic mass is 16.2. The molecule has 0 atom stereocenters. The van der Waals surface area contributed by atoms with Crippen molar-refractivity contribution in [2.24, 2.45) is 0 Å². The van der Waals surface area contributed by atoms with Crippen LogP contribution in [0.3, 0.4) is 0 Å². The topological polar surface area (TPSA) is 54.1 Å². The Bertz CT molecular complexity index is 411. The summed E-state index contributed by atoms with van der Waals surface area (Å²) < 4.78 is 0. The van der Waals surface area contributed by atoms with Gasteiger partial charge < -0.3 is 20.4 Å². The lowest BCUT2D eigenvalue weighted by molar-refractivity contribution is 0.0601. The van der Waals surface area contributed by atoms with Gasteiger partial charge in [0.25, 0.3) is 0 Å². The van der Waals surface area contributed by atoms with E-state index in [1.165, 1.54) is 0 Å². The van der Waals surface area contributed by atoms with Gasteiger partial charge in [-0.25, -0.2) is 4.79 Å². The van der Waals surface area contributed by atoms with Crippen molar-refractivity contribution >= 4 is 6.03 Å². The largest absolute Gasteiger partial charge is 0.336 e. The fourth-order valence-electron chi connectivity index (χ4n) is 3.70. The number of hydrogen-bond acceptors (Lipinski definition) is 5. The van der Waals surface area contributed by atoms with Crippen LogP contribution >= 0.6 is 0 Å². The van der Waals surface area contributed by atoms with Crippen LogP contribution in [0.2, 0.25) is 0 Å². The molecular weight excluding hydrogens is 328 g/mol. The molecule has 0 aromatic carbocycles.